The Morgan fingerprint density at radius 2 is 2.31 bits per heavy atom. The maximum Gasteiger partial charge on any atom is 0.199 e. The highest BCUT2D eigenvalue weighted by Crippen LogP contribution is 1.97. The number of aryl methyl sites for hydroxylation is 2. The third-order valence-electron chi connectivity index (χ3n) is 2.11. The minimum absolute atomic E-state index is 0.284. The molecule has 3 nitrogen and oxygen atoms in total. The van der Waals surface area contributed by atoms with E-state index in [0.717, 1.165) is 25.8 Å². The third-order valence-corrected chi connectivity index (χ3v) is 2.11. The summed E-state index contributed by atoms with van der Waals surface area (Å²) in [6, 6.07) is 0. The average Bonchev–Trinajstić information content (AvgIpc) is 2.19. The summed E-state index contributed by atoms with van der Waals surface area (Å²) in [7, 11) is 0. The third kappa shape index (κ3) is 3.11. The molecule has 0 aromatic carbocycles. The first kappa shape index (κ1) is 10.1. The van der Waals surface area contributed by atoms with Gasteiger partial charge in [0.1, 0.15) is 6.54 Å². The quantitative estimate of drug-likeness (QED) is 0.536. The number of hydrogen-bond acceptors (Lipinski definition) is 2. The minimum Gasteiger partial charge on any atom is -0.396 e. The Balaban J connectivity index is 2.54. The second-order valence-electron chi connectivity index (χ2n) is 3.03. The summed E-state index contributed by atoms with van der Waals surface area (Å²) in [4.78, 5) is 4.09. The predicted octanol–water partition coefficient (Wildman–Crippen LogP) is 0.704. The first-order chi connectivity index (χ1) is 6.38. The van der Waals surface area contributed by atoms with Crippen LogP contribution in [0.15, 0.2) is 18.6 Å². The molecule has 0 spiro atoms. The second kappa shape index (κ2) is 5.65. The normalized spacial score (nSPS) is 10.3. The molecular weight excluding hydrogens is 164 g/mol. The van der Waals surface area contributed by atoms with Crippen LogP contribution in [0.4, 0.5) is 0 Å². The van der Waals surface area contributed by atoms with Crippen LogP contribution in [0.1, 0.15) is 25.5 Å². The Hall–Kier alpha value is -0.960. The van der Waals surface area contributed by atoms with Gasteiger partial charge in [-0.15, -0.1) is 0 Å². The van der Waals surface area contributed by atoms with Crippen molar-refractivity contribution in [3.8, 4) is 0 Å². The van der Waals surface area contributed by atoms with Crippen LogP contribution < -0.4 is 4.57 Å². The zero-order chi connectivity index (χ0) is 9.52. The SMILES string of the molecule is CC[n+]1ccncc1CCCCO. The Labute approximate surface area is 79.1 Å². The molecule has 13 heavy (non-hydrogen) atoms. The number of aromatic nitrogens is 2. The molecule has 1 rings (SSSR count). The highest BCUT2D eigenvalue weighted by Gasteiger charge is 2.06. The van der Waals surface area contributed by atoms with E-state index in [4.69, 9.17) is 5.11 Å². The van der Waals surface area contributed by atoms with E-state index in [0.29, 0.717) is 0 Å². The summed E-state index contributed by atoms with van der Waals surface area (Å²) in [5.41, 5.74) is 1.25. The van der Waals surface area contributed by atoms with E-state index in [-0.39, 0.29) is 6.61 Å². The fourth-order valence-corrected chi connectivity index (χ4v) is 1.35. The van der Waals surface area contributed by atoms with Gasteiger partial charge in [0.05, 0.1) is 12.4 Å². The fourth-order valence-electron chi connectivity index (χ4n) is 1.35. The molecule has 0 amide bonds. The lowest BCUT2D eigenvalue weighted by Gasteiger charge is -1.99. The second-order valence-corrected chi connectivity index (χ2v) is 3.03. The number of hydrogen-bond donors (Lipinski definition) is 1. The van der Waals surface area contributed by atoms with Gasteiger partial charge < -0.3 is 5.11 Å². The van der Waals surface area contributed by atoms with Crippen molar-refractivity contribution in [3.05, 3.63) is 24.3 Å². The molecule has 1 aromatic rings. The van der Waals surface area contributed by atoms with Crippen molar-refractivity contribution in [2.45, 2.75) is 32.7 Å². The van der Waals surface area contributed by atoms with Crippen LogP contribution in [0, 0.1) is 0 Å². The first-order valence-electron chi connectivity index (χ1n) is 4.81. The maximum absolute atomic E-state index is 8.65. The molecule has 0 saturated carbocycles. The van der Waals surface area contributed by atoms with Crippen molar-refractivity contribution >= 4 is 0 Å². The Morgan fingerprint density at radius 3 is 3.00 bits per heavy atom. The van der Waals surface area contributed by atoms with Gasteiger partial charge >= 0.3 is 0 Å². The summed E-state index contributed by atoms with van der Waals surface area (Å²) in [6.07, 6.45) is 8.61. The Morgan fingerprint density at radius 1 is 1.46 bits per heavy atom. The van der Waals surface area contributed by atoms with E-state index >= 15 is 0 Å². The standard InChI is InChI=1S/C10H17N2O/c1-2-12-7-6-11-9-10(12)5-3-4-8-13/h6-7,9,13H,2-5,8H2,1H3/q+1. The molecule has 1 aromatic heterocycles. The maximum atomic E-state index is 8.65. The van der Waals surface area contributed by atoms with Gasteiger partial charge in [-0.2, -0.15) is 4.57 Å². The summed E-state index contributed by atoms with van der Waals surface area (Å²) in [6.45, 7) is 3.39. The summed E-state index contributed by atoms with van der Waals surface area (Å²) in [5, 5.41) is 8.65. The van der Waals surface area contributed by atoms with Gasteiger partial charge in [0, 0.05) is 13.0 Å². The summed E-state index contributed by atoms with van der Waals surface area (Å²) >= 11 is 0. The zero-order valence-electron chi connectivity index (χ0n) is 8.11. The zero-order valence-corrected chi connectivity index (χ0v) is 8.11. The van der Waals surface area contributed by atoms with Crippen LogP contribution in [0.25, 0.3) is 0 Å². The van der Waals surface area contributed by atoms with E-state index in [1.54, 1.807) is 6.20 Å². The lowest BCUT2D eigenvalue weighted by Crippen LogP contribution is -2.36. The molecule has 0 fully saturated rings. The van der Waals surface area contributed by atoms with Crippen LogP contribution in [0.2, 0.25) is 0 Å². The summed E-state index contributed by atoms with van der Waals surface area (Å²) in [5.74, 6) is 0. The molecule has 1 heterocycles. The van der Waals surface area contributed by atoms with E-state index in [9.17, 15) is 0 Å². The molecule has 3 heteroatoms. The molecule has 0 saturated heterocycles. The van der Waals surface area contributed by atoms with Crippen molar-refractivity contribution in [2.75, 3.05) is 6.61 Å². The molecule has 1 N–H and O–H groups in total. The van der Waals surface area contributed by atoms with Gasteiger partial charge in [-0.25, -0.2) is 0 Å². The Bertz CT molecular complexity index is 250. The van der Waals surface area contributed by atoms with E-state index < -0.39 is 0 Å². The van der Waals surface area contributed by atoms with Gasteiger partial charge in [0.25, 0.3) is 0 Å². The molecule has 0 aliphatic carbocycles. The molecule has 72 valence electrons. The van der Waals surface area contributed by atoms with Gasteiger partial charge in [-0.3, -0.25) is 4.98 Å². The van der Waals surface area contributed by atoms with E-state index in [2.05, 4.69) is 16.5 Å². The van der Waals surface area contributed by atoms with Gasteiger partial charge in [-0.05, 0) is 19.8 Å². The number of aliphatic hydroxyl groups is 1. The molecule has 0 unspecified atom stereocenters. The molecule has 0 aliphatic heterocycles. The van der Waals surface area contributed by atoms with Crippen molar-refractivity contribution in [2.24, 2.45) is 0 Å². The first-order valence-corrected chi connectivity index (χ1v) is 4.81. The van der Waals surface area contributed by atoms with Crippen molar-refractivity contribution in [1.29, 1.82) is 0 Å². The fraction of sp³-hybridized carbons (Fsp3) is 0.600. The minimum atomic E-state index is 0.284. The van der Waals surface area contributed by atoms with Crippen molar-refractivity contribution in [3.63, 3.8) is 0 Å². The highest BCUT2D eigenvalue weighted by atomic mass is 16.2. The molecule has 0 atom stereocenters. The Kier molecular flexibility index (Phi) is 4.40. The number of unbranched alkanes of at least 4 members (excludes halogenated alkanes) is 1. The molecular formula is C10H17N2O+. The van der Waals surface area contributed by atoms with Crippen LogP contribution in [0.5, 0.6) is 0 Å². The molecule has 0 aliphatic rings. The van der Waals surface area contributed by atoms with Crippen molar-refractivity contribution < 1.29 is 9.67 Å². The van der Waals surface area contributed by atoms with Crippen LogP contribution in [0.3, 0.4) is 0 Å². The largest absolute Gasteiger partial charge is 0.396 e. The monoisotopic (exact) mass is 181 g/mol. The van der Waals surface area contributed by atoms with Gasteiger partial charge in [0.2, 0.25) is 0 Å². The lowest BCUT2D eigenvalue weighted by molar-refractivity contribution is -0.701. The topological polar surface area (TPSA) is 37.0 Å². The van der Waals surface area contributed by atoms with Crippen LogP contribution in [-0.2, 0) is 13.0 Å². The molecule has 0 radical (unpaired) electrons. The van der Waals surface area contributed by atoms with E-state index in [1.165, 1.54) is 5.69 Å². The number of rotatable bonds is 5. The van der Waals surface area contributed by atoms with Crippen molar-refractivity contribution in [1.82, 2.24) is 4.98 Å². The lowest BCUT2D eigenvalue weighted by atomic mass is 10.2. The van der Waals surface area contributed by atoms with Gasteiger partial charge in [0.15, 0.2) is 11.9 Å². The summed E-state index contributed by atoms with van der Waals surface area (Å²) < 4.78 is 2.18. The number of aliphatic hydroxyl groups excluding tert-OH is 1. The smallest absolute Gasteiger partial charge is 0.199 e. The molecule has 0 bridgehead atoms. The van der Waals surface area contributed by atoms with Gasteiger partial charge in [-0.1, -0.05) is 0 Å². The highest BCUT2D eigenvalue weighted by molar-refractivity contribution is 4.86. The van der Waals surface area contributed by atoms with Crippen LogP contribution >= 0.6 is 0 Å². The predicted molar refractivity (Wildman–Crippen MR) is 50.1 cm³/mol. The number of nitrogens with zero attached hydrogens (tertiary/aromatic N) is 2. The van der Waals surface area contributed by atoms with Crippen LogP contribution in [-0.4, -0.2) is 16.7 Å². The van der Waals surface area contributed by atoms with E-state index in [1.807, 2.05) is 12.4 Å². The average molecular weight is 181 g/mol.